The summed E-state index contributed by atoms with van der Waals surface area (Å²) < 4.78 is 14.1. The van der Waals surface area contributed by atoms with Crippen LogP contribution >= 0.6 is 0 Å². The van der Waals surface area contributed by atoms with Crippen LogP contribution in [0.1, 0.15) is 25.3 Å². The Bertz CT molecular complexity index is 1070. The van der Waals surface area contributed by atoms with E-state index >= 15 is 0 Å². The van der Waals surface area contributed by atoms with Crippen LogP contribution in [0.2, 0.25) is 0 Å². The van der Waals surface area contributed by atoms with Crippen LogP contribution in [0.15, 0.2) is 79.0 Å². The van der Waals surface area contributed by atoms with Gasteiger partial charge in [0, 0.05) is 16.3 Å². The number of benzene rings is 3. The van der Waals surface area contributed by atoms with Crippen LogP contribution in [0.25, 0.3) is 33.2 Å². The Morgan fingerprint density at radius 3 is 2.30 bits per heavy atom. The number of hydrogen-bond acceptors (Lipinski definition) is 1. The normalized spacial score (nSPS) is 11.0. The van der Waals surface area contributed by atoms with Crippen LogP contribution in [0.5, 0.6) is 0 Å². The summed E-state index contributed by atoms with van der Waals surface area (Å²) in [4.78, 5) is 4.38. The van der Waals surface area contributed by atoms with Crippen molar-refractivity contribution in [2.75, 3.05) is 0 Å². The van der Waals surface area contributed by atoms with Gasteiger partial charge in [-0.3, -0.25) is 4.98 Å². The van der Waals surface area contributed by atoms with Gasteiger partial charge in [-0.25, -0.2) is 4.39 Å². The Kier molecular flexibility index (Phi) is 4.97. The van der Waals surface area contributed by atoms with Crippen molar-refractivity contribution < 1.29 is 4.39 Å². The monoisotopic (exact) mass is 355 g/mol. The van der Waals surface area contributed by atoms with E-state index in [0.29, 0.717) is 5.39 Å². The molecule has 0 unspecified atom stereocenters. The molecule has 0 aliphatic carbocycles. The molecule has 0 fully saturated rings. The third-order valence-corrected chi connectivity index (χ3v) is 4.99. The molecule has 0 spiro atoms. The van der Waals surface area contributed by atoms with E-state index in [4.69, 9.17) is 0 Å². The highest BCUT2D eigenvalue weighted by atomic mass is 19.1. The summed E-state index contributed by atoms with van der Waals surface area (Å²) in [6, 6.07) is 24.6. The predicted molar refractivity (Wildman–Crippen MR) is 111 cm³/mol. The Morgan fingerprint density at radius 2 is 1.52 bits per heavy atom. The number of aromatic nitrogens is 1. The lowest BCUT2D eigenvalue weighted by molar-refractivity contribution is 0.634. The van der Waals surface area contributed by atoms with Gasteiger partial charge in [-0.2, -0.15) is 0 Å². The number of nitrogens with zero attached hydrogens (tertiary/aromatic N) is 1. The van der Waals surface area contributed by atoms with Crippen LogP contribution in [0.4, 0.5) is 4.39 Å². The number of pyridine rings is 1. The second-order valence-corrected chi connectivity index (χ2v) is 6.88. The minimum Gasteiger partial charge on any atom is -0.253 e. The molecule has 0 N–H and O–H groups in total. The molecule has 4 aromatic rings. The van der Waals surface area contributed by atoms with Crippen LogP contribution in [0.3, 0.4) is 0 Å². The highest BCUT2D eigenvalue weighted by Crippen LogP contribution is 2.31. The van der Waals surface area contributed by atoms with Crippen molar-refractivity contribution in [3.63, 3.8) is 0 Å². The summed E-state index contributed by atoms with van der Waals surface area (Å²) in [6.45, 7) is 2.22. The van der Waals surface area contributed by atoms with Gasteiger partial charge < -0.3 is 0 Å². The first-order valence-corrected chi connectivity index (χ1v) is 9.49. The lowest BCUT2D eigenvalue weighted by atomic mass is 9.97. The van der Waals surface area contributed by atoms with E-state index in [-0.39, 0.29) is 5.82 Å². The molecule has 0 amide bonds. The molecular formula is C25H22FN. The van der Waals surface area contributed by atoms with E-state index in [9.17, 15) is 4.39 Å². The maximum absolute atomic E-state index is 14.1. The topological polar surface area (TPSA) is 12.9 Å². The fourth-order valence-electron chi connectivity index (χ4n) is 3.48. The van der Waals surface area contributed by atoms with Crippen molar-refractivity contribution in [1.29, 1.82) is 0 Å². The van der Waals surface area contributed by atoms with Crippen LogP contribution in [-0.4, -0.2) is 4.98 Å². The van der Waals surface area contributed by atoms with E-state index in [1.54, 1.807) is 6.07 Å². The van der Waals surface area contributed by atoms with Gasteiger partial charge in [0.2, 0.25) is 0 Å². The Balaban J connectivity index is 1.72. The molecule has 0 aliphatic rings. The minimum absolute atomic E-state index is 0.284. The zero-order valence-corrected chi connectivity index (χ0v) is 15.5. The van der Waals surface area contributed by atoms with Crippen molar-refractivity contribution in [2.45, 2.75) is 26.2 Å². The first kappa shape index (κ1) is 17.4. The first-order valence-electron chi connectivity index (χ1n) is 9.49. The van der Waals surface area contributed by atoms with Crippen molar-refractivity contribution in [2.24, 2.45) is 0 Å². The second-order valence-electron chi connectivity index (χ2n) is 6.88. The van der Waals surface area contributed by atoms with E-state index in [1.165, 1.54) is 30.2 Å². The summed E-state index contributed by atoms with van der Waals surface area (Å²) in [6.07, 6.45) is 4.87. The molecule has 0 atom stereocenters. The highest BCUT2D eigenvalue weighted by Gasteiger charge is 2.10. The van der Waals surface area contributed by atoms with Gasteiger partial charge in [-0.05, 0) is 35.6 Å². The molecule has 27 heavy (non-hydrogen) atoms. The van der Waals surface area contributed by atoms with Gasteiger partial charge in [0.05, 0.1) is 11.9 Å². The summed E-state index contributed by atoms with van der Waals surface area (Å²) >= 11 is 0. The number of halogens is 1. The van der Waals surface area contributed by atoms with Crippen molar-refractivity contribution >= 4 is 10.8 Å². The summed E-state index contributed by atoms with van der Waals surface area (Å²) in [5, 5.41) is 1.44. The number of aryl methyl sites for hydroxylation is 1. The molecule has 4 rings (SSSR count). The summed E-state index contributed by atoms with van der Waals surface area (Å²) in [7, 11) is 0. The zero-order valence-electron chi connectivity index (χ0n) is 15.5. The van der Waals surface area contributed by atoms with Gasteiger partial charge >= 0.3 is 0 Å². The lowest BCUT2D eigenvalue weighted by Crippen LogP contribution is -1.90. The molecule has 0 saturated carbocycles. The maximum atomic E-state index is 14.1. The molecule has 1 heterocycles. The number of hydrogen-bond donors (Lipinski definition) is 0. The first-order chi connectivity index (χ1) is 13.3. The predicted octanol–water partition coefficient (Wildman–Crippen LogP) is 7.05. The maximum Gasteiger partial charge on any atom is 0.149 e. The number of fused-ring (bicyclic) bond motifs is 1. The lowest BCUT2D eigenvalue weighted by Gasteiger charge is -2.09. The fourth-order valence-corrected chi connectivity index (χ4v) is 3.48. The molecule has 0 radical (unpaired) electrons. The van der Waals surface area contributed by atoms with Gasteiger partial charge in [0.15, 0.2) is 0 Å². The summed E-state index contributed by atoms with van der Waals surface area (Å²) in [5.74, 6) is -0.284. The average Bonchev–Trinajstić information content (AvgIpc) is 2.73. The van der Waals surface area contributed by atoms with E-state index in [2.05, 4.69) is 48.3 Å². The molecule has 2 heteroatoms. The highest BCUT2D eigenvalue weighted by molar-refractivity contribution is 5.95. The van der Waals surface area contributed by atoms with Gasteiger partial charge in [-0.1, -0.05) is 80.1 Å². The van der Waals surface area contributed by atoms with E-state index in [0.717, 1.165) is 28.6 Å². The van der Waals surface area contributed by atoms with E-state index < -0.39 is 0 Å². The van der Waals surface area contributed by atoms with Gasteiger partial charge in [0.25, 0.3) is 0 Å². The molecule has 0 aliphatic heterocycles. The summed E-state index contributed by atoms with van der Waals surface area (Å²) in [5.41, 5.74) is 5.52. The quantitative estimate of drug-likeness (QED) is 0.374. The van der Waals surface area contributed by atoms with Crippen LogP contribution in [-0.2, 0) is 6.42 Å². The molecular weight excluding hydrogens is 333 g/mol. The second kappa shape index (κ2) is 7.71. The van der Waals surface area contributed by atoms with Crippen molar-refractivity contribution in [3.8, 4) is 22.4 Å². The molecule has 134 valence electrons. The van der Waals surface area contributed by atoms with Crippen LogP contribution in [0, 0.1) is 5.82 Å². The van der Waals surface area contributed by atoms with Crippen molar-refractivity contribution in [1.82, 2.24) is 4.98 Å². The van der Waals surface area contributed by atoms with Gasteiger partial charge in [-0.15, -0.1) is 0 Å². The largest absolute Gasteiger partial charge is 0.253 e. The van der Waals surface area contributed by atoms with Crippen LogP contribution < -0.4 is 0 Å². The number of unbranched alkanes of at least 4 members (excludes halogenated alkanes) is 1. The Morgan fingerprint density at radius 1 is 0.778 bits per heavy atom. The third kappa shape index (κ3) is 3.61. The SMILES string of the molecule is CCCCc1ccc(-c2cccc(-c3ncc(F)c4ccccc34)c2)cc1. The third-order valence-electron chi connectivity index (χ3n) is 4.99. The molecule has 0 saturated heterocycles. The Labute approximate surface area is 159 Å². The van der Waals surface area contributed by atoms with E-state index in [1.807, 2.05) is 30.3 Å². The molecule has 1 nitrogen and oxygen atoms in total. The molecule has 0 bridgehead atoms. The Hall–Kier alpha value is -3.00. The molecule has 3 aromatic carbocycles. The fraction of sp³-hybridized carbons (Fsp3) is 0.160. The number of rotatable bonds is 5. The van der Waals surface area contributed by atoms with Crippen molar-refractivity contribution in [3.05, 3.63) is 90.4 Å². The minimum atomic E-state index is -0.284. The zero-order chi connectivity index (χ0) is 18.6. The smallest absolute Gasteiger partial charge is 0.149 e. The van der Waals surface area contributed by atoms with Gasteiger partial charge in [0.1, 0.15) is 5.82 Å². The average molecular weight is 355 g/mol. The standard InChI is InChI=1S/C25H22FN/c1-2-3-7-18-12-14-19(15-13-18)20-8-6-9-21(16-20)25-23-11-5-4-10-22(23)24(26)17-27-25/h4-6,8-17H,2-3,7H2,1H3. The molecule has 1 aromatic heterocycles.